The molecule has 0 aliphatic rings. The maximum absolute atomic E-state index is 13.5. The molecule has 4 rings (SSSR count). The fourth-order valence-corrected chi connectivity index (χ4v) is 5.87. The van der Waals surface area contributed by atoms with Gasteiger partial charge in [0.1, 0.15) is 5.75 Å². The quantitative estimate of drug-likeness (QED) is 0.0857. The van der Waals surface area contributed by atoms with E-state index in [1.54, 1.807) is 31.4 Å². The van der Waals surface area contributed by atoms with E-state index in [0.29, 0.717) is 0 Å². The van der Waals surface area contributed by atoms with Gasteiger partial charge in [-0.2, -0.15) is 0 Å². The van der Waals surface area contributed by atoms with Crippen molar-refractivity contribution in [2.24, 2.45) is 0 Å². The summed E-state index contributed by atoms with van der Waals surface area (Å²) in [4.78, 5) is 0.250. The van der Waals surface area contributed by atoms with Crippen molar-refractivity contribution in [3.63, 3.8) is 0 Å². The second kappa shape index (κ2) is 17.8. The first-order valence-electron chi connectivity index (χ1n) is 12.6. The molecule has 0 aliphatic heterocycles. The van der Waals surface area contributed by atoms with Crippen LogP contribution in [0.3, 0.4) is 0 Å². The van der Waals surface area contributed by atoms with Crippen LogP contribution >= 0.6 is 51.7 Å². The number of aryl methyl sites for hydroxylation is 1. The fraction of sp³-hybridized carbons (Fsp3) is 0.200. The van der Waals surface area contributed by atoms with E-state index >= 15 is 0 Å². The van der Waals surface area contributed by atoms with Crippen LogP contribution in [0.1, 0.15) is 35.2 Å². The van der Waals surface area contributed by atoms with Gasteiger partial charge in [0.15, 0.2) is 0 Å². The molecule has 0 spiro atoms. The van der Waals surface area contributed by atoms with Gasteiger partial charge in [-0.15, -0.1) is 0 Å². The van der Waals surface area contributed by atoms with Crippen LogP contribution in [0.4, 0.5) is 0 Å². The van der Waals surface area contributed by atoms with Crippen LogP contribution in [0.5, 0.6) is 5.75 Å². The Balaban J connectivity index is 0.00000108. The third-order valence-electron chi connectivity index (χ3n) is 6.22. The van der Waals surface area contributed by atoms with Crippen molar-refractivity contribution in [2.75, 3.05) is 13.7 Å². The third kappa shape index (κ3) is 11.8. The van der Waals surface area contributed by atoms with Gasteiger partial charge in [-0.25, -0.2) is 13.1 Å². The van der Waals surface area contributed by atoms with Gasteiger partial charge in [0.05, 0.1) is 24.1 Å². The van der Waals surface area contributed by atoms with E-state index in [1.165, 1.54) is 5.56 Å². The van der Waals surface area contributed by atoms with E-state index < -0.39 is 29.0 Å². The number of halogens is 4. The minimum absolute atomic E-state index is 0.250. The number of hydrogen-bond acceptors (Lipinski definition) is 4. The summed E-state index contributed by atoms with van der Waals surface area (Å²) in [5.41, 5.74) is 3.15. The van der Waals surface area contributed by atoms with E-state index in [2.05, 4.69) is 44.8 Å². The van der Waals surface area contributed by atoms with Crippen LogP contribution < -0.4 is 14.8 Å². The monoisotopic (exact) mass is 833 g/mol. The normalized spacial score (nSPS) is 13.0. The van der Waals surface area contributed by atoms with Crippen LogP contribution in [0, 0.1) is 3.57 Å². The molecular weight excluding hydrogens is 803 g/mol. The molecule has 0 aliphatic carbocycles. The van der Waals surface area contributed by atoms with Gasteiger partial charge in [0, 0.05) is 3.57 Å². The Bertz CT molecular complexity index is 1410. The molecule has 0 radical (unpaired) electrons. The molecule has 0 amide bonds. The minimum atomic E-state index is -3.76. The summed E-state index contributed by atoms with van der Waals surface area (Å²) in [5, 5.41) is 3.66. The van der Waals surface area contributed by atoms with Crippen molar-refractivity contribution in [1.82, 2.24) is 10.0 Å². The molecule has 4 aromatic carbocycles. The first-order chi connectivity index (χ1) is 19.7. The summed E-state index contributed by atoms with van der Waals surface area (Å²) >= 11 is 0.419. The molecule has 221 valence electrons. The van der Waals surface area contributed by atoms with E-state index in [-0.39, 0.29) is 10.9 Å². The number of rotatable bonds is 12. The van der Waals surface area contributed by atoms with Crippen molar-refractivity contribution >= 4 is 61.7 Å². The Kier molecular flexibility index (Phi) is 14.9. The summed E-state index contributed by atoms with van der Waals surface area (Å²) in [7, 11) is 12.7. The van der Waals surface area contributed by atoms with Gasteiger partial charge in [-0.05, 0) is 95.1 Å². The van der Waals surface area contributed by atoms with Gasteiger partial charge < -0.3 is 10.1 Å². The van der Waals surface area contributed by atoms with E-state index in [0.717, 1.165) is 39.8 Å². The number of methoxy groups -OCH3 is 1. The summed E-state index contributed by atoms with van der Waals surface area (Å²) in [6.45, 7) is 0.722. The van der Waals surface area contributed by atoms with Gasteiger partial charge in [-0.3, -0.25) is 0 Å². The van der Waals surface area contributed by atoms with Crippen molar-refractivity contribution in [1.29, 1.82) is 0 Å². The van der Waals surface area contributed by atoms with Crippen LogP contribution in [0.2, 0.25) is 0 Å². The summed E-state index contributed by atoms with van der Waals surface area (Å²) in [6, 6.07) is 34.0. The van der Waals surface area contributed by atoms with E-state index in [1.807, 2.05) is 72.8 Å². The molecule has 0 heterocycles. The number of ether oxygens (including phenoxy) is 1. The molecule has 4 aromatic rings. The first kappa shape index (κ1) is 34.3. The zero-order valence-corrected chi connectivity index (χ0v) is 29.1. The van der Waals surface area contributed by atoms with Gasteiger partial charge in [-0.1, -0.05) is 72.8 Å². The second-order valence-corrected chi connectivity index (χ2v) is 19.8. The Morgan fingerprint density at radius 1 is 0.780 bits per heavy atom. The second-order valence-electron chi connectivity index (χ2n) is 8.91. The van der Waals surface area contributed by atoms with Gasteiger partial charge in [0.25, 0.3) is 0 Å². The van der Waals surface area contributed by atoms with Crippen LogP contribution in [0.15, 0.2) is 114 Å². The van der Waals surface area contributed by atoms with Crippen molar-refractivity contribution in [2.45, 2.75) is 29.8 Å². The molecule has 2 N–H and O–H groups in total. The number of sulfonamides is 1. The zero-order chi connectivity index (χ0) is 29.7. The summed E-state index contributed by atoms with van der Waals surface area (Å²) in [6.07, 6.45) is 1.81. The Morgan fingerprint density at radius 3 is 1.80 bits per heavy atom. The molecule has 41 heavy (non-hydrogen) atoms. The first-order valence-corrected chi connectivity index (χ1v) is 21.9. The summed E-state index contributed by atoms with van der Waals surface area (Å²) < 4.78 is 36.2. The average Bonchev–Trinajstić information content (AvgIpc) is 2.97. The predicted octanol–water partition coefficient (Wildman–Crippen LogP) is 8.35. The Hall–Kier alpha value is -1.23. The van der Waals surface area contributed by atoms with E-state index in [9.17, 15) is 8.42 Å². The Morgan fingerprint density at radius 2 is 1.29 bits per heavy atom. The zero-order valence-electron chi connectivity index (χ0n) is 22.2. The van der Waals surface area contributed by atoms with Crippen molar-refractivity contribution in [3.8, 4) is 5.75 Å². The van der Waals surface area contributed by atoms with E-state index in [4.69, 9.17) is 33.8 Å². The molecule has 0 aromatic heterocycles. The van der Waals surface area contributed by atoms with Crippen molar-refractivity contribution < 1.29 is 26.1 Å². The molecule has 5 nitrogen and oxygen atoms in total. The van der Waals surface area contributed by atoms with Crippen LogP contribution in [-0.2, 0) is 29.4 Å². The van der Waals surface area contributed by atoms with Crippen LogP contribution in [-0.4, -0.2) is 22.1 Å². The number of nitrogens with one attached hydrogen (secondary N) is 2. The summed E-state index contributed by atoms with van der Waals surface area (Å²) in [5.74, 6) is 0.845. The maximum atomic E-state index is 13.5. The fourth-order valence-electron chi connectivity index (χ4n) is 4.27. The average molecular weight is 834 g/mol. The Labute approximate surface area is 274 Å². The molecule has 11 heteroatoms. The molecule has 0 bridgehead atoms. The molecule has 0 saturated heterocycles. The molecule has 0 fully saturated rings. The molecular formula is C30H31Cl3IN2O3RuS. The standard InChI is InChI=1S/C30H31IN2O3S.3ClH.Ru/c1-36-27-18-14-23(15-19-27)9-8-22-32-29(24-10-4-2-5-11-24)30(25-12-6-3-7-13-25)33-37(34,35)28-20-16-26(31)17-21-28;;;;/h2-7,10-21,29-30,32-33H,8-9,22H2,1H3;3*1H;/q;;;;+3/p-3/t29-,30-;;;;/m1..../s1. The molecule has 0 saturated carbocycles. The number of hydrogen-bond donors (Lipinski definition) is 2. The SMILES string of the molecule is COc1ccc(CCCN[C@H](c2ccccc2)[C@H](NS(=O)(=O)c2ccc(I)cc2)c2ccccc2)cc1.[Cl][Ru]([Cl])[Cl]. The number of benzene rings is 4. The van der Waals surface area contributed by atoms with Crippen LogP contribution in [0.25, 0.3) is 0 Å². The van der Waals surface area contributed by atoms with Gasteiger partial charge >= 0.3 is 42.1 Å². The molecule has 0 unspecified atom stereocenters. The molecule has 2 atom stereocenters. The topological polar surface area (TPSA) is 67.4 Å². The van der Waals surface area contributed by atoms with Gasteiger partial charge in [0.2, 0.25) is 10.0 Å². The van der Waals surface area contributed by atoms with Crippen molar-refractivity contribution in [3.05, 3.63) is 129 Å². The predicted molar refractivity (Wildman–Crippen MR) is 175 cm³/mol. The third-order valence-corrected chi connectivity index (χ3v) is 8.40.